The van der Waals surface area contributed by atoms with E-state index < -0.39 is 54.0 Å². The number of hydrogen-bond acceptors (Lipinski definition) is 5. The van der Waals surface area contributed by atoms with E-state index in [0.29, 0.717) is 25.3 Å². The van der Waals surface area contributed by atoms with Crippen molar-refractivity contribution in [1.29, 1.82) is 0 Å². The summed E-state index contributed by atoms with van der Waals surface area (Å²) in [5.41, 5.74) is 5.33. The van der Waals surface area contributed by atoms with Gasteiger partial charge in [-0.2, -0.15) is 0 Å². The van der Waals surface area contributed by atoms with E-state index in [4.69, 9.17) is 5.73 Å². The molecule has 2 heterocycles. The van der Waals surface area contributed by atoms with E-state index in [-0.39, 0.29) is 35.0 Å². The average Bonchev–Trinajstić information content (AvgIpc) is 2.86. The van der Waals surface area contributed by atoms with Gasteiger partial charge >= 0.3 is 0 Å². The number of nitrogens with one attached hydrogen (secondary N) is 2. The number of piperazine rings is 1. The fraction of sp³-hybridized carbons (Fsp3) is 0.423. The molecule has 204 valence electrons. The number of amides is 3. The molecule has 0 bridgehead atoms. The number of likely N-dealkylation sites (N-methyl/N-ethyl adjacent to an activating group) is 1. The molecule has 2 aromatic carbocycles. The predicted octanol–water partition coefficient (Wildman–Crippen LogP) is 2.83. The summed E-state index contributed by atoms with van der Waals surface area (Å²) in [4.78, 5) is 40.3. The van der Waals surface area contributed by atoms with Gasteiger partial charge in [-0.25, -0.2) is 17.6 Å². The van der Waals surface area contributed by atoms with Gasteiger partial charge in [0.15, 0.2) is 0 Å². The molecule has 0 radical (unpaired) electrons. The number of nitrogens with two attached hydrogens (primary N) is 1. The summed E-state index contributed by atoms with van der Waals surface area (Å²) in [7, 11) is 1.96. The van der Waals surface area contributed by atoms with Crippen LogP contribution in [0.25, 0.3) is 11.1 Å². The highest BCUT2D eigenvalue weighted by atomic mass is 19.3. The Bertz CT molecular complexity index is 1260. The number of carbonyl (C=O) groups is 3. The lowest BCUT2D eigenvalue weighted by molar-refractivity contribution is -0.133. The molecule has 0 saturated carbocycles. The molecule has 3 atom stereocenters. The minimum Gasteiger partial charge on any atom is -0.367 e. The number of hydrogen-bond donors (Lipinski definition) is 3. The van der Waals surface area contributed by atoms with E-state index in [1.807, 2.05) is 18.9 Å². The molecule has 2 aromatic rings. The molecule has 4 N–H and O–H groups in total. The number of benzene rings is 2. The van der Waals surface area contributed by atoms with Crippen LogP contribution in [-0.2, 0) is 9.59 Å². The molecule has 2 aliphatic rings. The van der Waals surface area contributed by atoms with Gasteiger partial charge in [-0.05, 0) is 43.8 Å². The zero-order valence-corrected chi connectivity index (χ0v) is 20.9. The first kappa shape index (κ1) is 27.4. The average molecular weight is 536 g/mol. The Labute approximate surface area is 217 Å². The van der Waals surface area contributed by atoms with E-state index in [0.717, 1.165) is 12.1 Å². The quantitative estimate of drug-likeness (QED) is 0.494. The van der Waals surface area contributed by atoms with E-state index in [1.54, 1.807) is 0 Å². The highest BCUT2D eigenvalue weighted by Gasteiger charge is 2.40. The topological polar surface area (TPSA) is 108 Å². The molecule has 2 saturated heterocycles. The summed E-state index contributed by atoms with van der Waals surface area (Å²) >= 11 is 0. The molecule has 2 aliphatic heterocycles. The van der Waals surface area contributed by atoms with Crippen LogP contribution in [0.4, 0.5) is 28.9 Å². The zero-order valence-electron chi connectivity index (χ0n) is 20.9. The maximum Gasteiger partial charge on any atom is 0.251 e. The van der Waals surface area contributed by atoms with Crippen LogP contribution in [0.5, 0.6) is 0 Å². The molecule has 0 aromatic heterocycles. The normalized spacial score (nSPS) is 22.3. The Morgan fingerprint density at radius 1 is 1.13 bits per heavy atom. The molecular formula is C26H29F4N5O3. The maximum absolute atomic E-state index is 15.4. The third-order valence-corrected chi connectivity index (χ3v) is 7.31. The van der Waals surface area contributed by atoms with Gasteiger partial charge in [0, 0.05) is 50.1 Å². The van der Waals surface area contributed by atoms with Crippen LogP contribution in [0, 0.1) is 23.5 Å². The second kappa shape index (κ2) is 11.0. The molecule has 12 heteroatoms. The summed E-state index contributed by atoms with van der Waals surface area (Å²) in [6.07, 6.45) is -3.37. The number of rotatable bonds is 6. The summed E-state index contributed by atoms with van der Waals surface area (Å²) in [5.74, 6) is -6.58. The van der Waals surface area contributed by atoms with Crippen molar-refractivity contribution in [3.63, 3.8) is 0 Å². The van der Waals surface area contributed by atoms with Gasteiger partial charge in [-0.3, -0.25) is 14.4 Å². The van der Waals surface area contributed by atoms with Crippen LogP contribution in [0.15, 0.2) is 30.3 Å². The number of halogens is 4. The molecule has 3 amide bonds. The van der Waals surface area contributed by atoms with E-state index in [1.165, 1.54) is 18.2 Å². The third kappa shape index (κ3) is 5.59. The van der Waals surface area contributed by atoms with Gasteiger partial charge in [-0.1, -0.05) is 6.07 Å². The van der Waals surface area contributed by atoms with E-state index in [9.17, 15) is 27.6 Å². The lowest BCUT2D eigenvalue weighted by Gasteiger charge is -2.40. The molecule has 0 aliphatic carbocycles. The predicted molar refractivity (Wildman–Crippen MR) is 134 cm³/mol. The highest BCUT2D eigenvalue weighted by Crippen LogP contribution is 2.37. The van der Waals surface area contributed by atoms with Gasteiger partial charge in [0.2, 0.25) is 18.2 Å². The van der Waals surface area contributed by atoms with E-state index >= 15 is 4.39 Å². The van der Waals surface area contributed by atoms with Crippen LogP contribution in [0.1, 0.15) is 23.7 Å². The van der Waals surface area contributed by atoms with Crippen LogP contribution in [-0.4, -0.2) is 68.3 Å². The Kier molecular flexibility index (Phi) is 7.91. The number of anilines is 2. The minimum absolute atomic E-state index is 0.0662. The smallest absolute Gasteiger partial charge is 0.251 e. The van der Waals surface area contributed by atoms with Crippen molar-refractivity contribution in [3.8, 4) is 11.1 Å². The molecule has 38 heavy (non-hydrogen) atoms. The lowest BCUT2D eigenvalue weighted by atomic mass is 9.85. The van der Waals surface area contributed by atoms with Gasteiger partial charge < -0.3 is 26.2 Å². The highest BCUT2D eigenvalue weighted by molar-refractivity contribution is 5.98. The Balaban J connectivity index is 1.74. The third-order valence-electron chi connectivity index (χ3n) is 7.31. The Hall–Kier alpha value is -3.67. The van der Waals surface area contributed by atoms with Crippen LogP contribution in [0.3, 0.4) is 0 Å². The SMILES string of the molecule is C[C@H]1CN(c2cc(F)c(-c3ccc(C(N)=O)c(F)c3)cc2NC(=O)C2CNC(=O)CC2C(F)F)CCN1C. The summed E-state index contributed by atoms with van der Waals surface area (Å²) in [6.45, 7) is 3.44. The fourth-order valence-electron chi connectivity index (χ4n) is 4.88. The van der Waals surface area contributed by atoms with Crippen molar-refractivity contribution in [2.45, 2.75) is 25.8 Å². The van der Waals surface area contributed by atoms with Gasteiger partial charge in [-0.15, -0.1) is 0 Å². The number of nitrogens with zero attached hydrogens (tertiary/aromatic N) is 2. The van der Waals surface area contributed by atoms with Crippen LogP contribution < -0.4 is 21.3 Å². The first-order valence-corrected chi connectivity index (χ1v) is 12.2. The van der Waals surface area contributed by atoms with Gasteiger partial charge in [0.25, 0.3) is 5.91 Å². The second-order valence-electron chi connectivity index (χ2n) is 9.79. The van der Waals surface area contributed by atoms with Gasteiger partial charge in [0.05, 0.1) is 22.9 Å². The van der Waals surface area contributed by atoms with Crippen molar-refractivity contribution in [2.75, 3.05) is 43.4 Å². The summed E-state index contributed by atoms with van der Waals surface area (Å²) in [6, 6.07) is 6.08. The number of carbonyl (C=O) groups excluding carboxylic acids is 3. The molecule has 8 nitrogen and oxygen atoms in total. The first-order valence-electron chi connectivity index (χ1n) is 12.2. The minimum atomic E-state index is -2.88. The largest absolute Gasteiger partial charge is 0.367 e. The standard InChI is InChI=1S/C26H29F4N5O3/c1-13-12-35(6-5-34(13)2)22-10-20(28)16(14-3-4-15(25(31)37)19(27)7-14)8-21(22)33-26(38)18-11-32-23(36)9-17(18)24(29)30/h3-4,7-8,10,13,17-18,24H,5-6,9,11-12H2,1-2H3,(H2,31,37)(H,32,36)(H,33,38)/t13-,17?,18?/m0/s1. The molecule has 0 spiro atoms. The van der Waals surface area contributed by atoms with Crippen molar-refractivity contribution < 1.29 is 31.9 Å². The zero-order chi connectivity index (χ0) is 27.7. The van der Waals surface area contributed by atoms with Crippen molar-refractivity contribution in [3.05, 3.63) is 47.5 Å². The fourth-order valence-corrected chi connectivity index (χ4v) is 4.88. The number of alkyl halides is 2. The second-order valence-corrected chi connectivity index (χ2v) is 9.79. The number of piperidine rings is 1. The summed E-state index contributed by atoms with van der Waals surface area (Å²) < 4.78 is 57.2. The first-order chi connectivity index (χ1) is 18.0. The molecule has 2 unspecified atom stereocenters. The number of primary amides is 1. The van der Waals surface area contributed by atoms with Crippen LogP contribution in [0.2, 0.25) is 0 Å². The van der Waals surface area contributed by atoms with Crippen molar-refractivity contribution in [1.82, 2.24) is 10.2 Å². The Morgan fingerprint density at radius 3 is 2.50 bits per heavy atom. The van der Waals surface area contributed by atoms with Crippen molar-refractivity contribution >= 4 is 29.1 Å². The van der Waals surface area contributed by atoms with Crippen LogP contribution >= 0.6 is 0 Å². The van der Waals surface area contributed by atoms with E-state index in [2.05, 4.69) is 15.5 Å². The van der Waals surface area contributed by atoms with Crippen molar-refractivity contribution in [2.24, 2.45) is 17.6 Å². The Morgan fingerprint density at radius 2 is 1.87 bits per heavy atom. The molecular weight excluding hydrogens is 506 g/mol. The summed E-state index contributed by atoms with van der Waals surface area (Å²) in [5, 5.41) is 5.12. The maximum atomic E-state index is 15.4. The lowest BCUT2D eigenvalue weighted by Crippen LogP contribution is -2.50. The monoisotopic (exact) mass is 535 g/mol. The molecule has 4 rings (SSSR count). The van der Waals surface area contributed by atoms with Gasteiger partial charge in [0.1, 0.15) is 11.6 Å². The molecule has 2 fully saturated rings.